The van der Waals surface area contributed by atoms with E-state index in [-0.39, 0.29) is 0 Å². The number of imidazole rings is 2. The molecular formula is C13H15N7. The second-order valence-corrected chi connectivity index (χ2v) is 4.97. The molecule has 7 heteroatoms. The van der Waals surface area contributed by atoms with Crippen molar-refractivity contribution in [2.24, 2.45) is 5.84 Å². The third-order valence-corrected chi connectivity index (χ3v) is 3.76. The SMILES string of the molecule is NNc1cn2ccnc2c(-n2cnc3c2CCCC3)n1. The number of anilines is 1. The van der Waals surface area contributed by atoms with Crippen LogP contribution in [0, 0.1) is 0 Å². The molecule has 0 amide bonds. The summed E-state index contributed by atoms with van der Waals surface area (Å²) in [4.78, 5) is 13.4. The fourth-order valence-electron chi connectivity index (χ4n) is 2.80. The molecule has 0 unspecified atom stereocenters. The lowest BCUT2D eigenvalue weighted by Crippen LogP contribution is -2.13. The van der Waals surface area contributed by atoms with Gasteiger partial charge in [-0.1, -0.05) is 0 Å². The van der Waals surface area contributed by atoms with Crippen LogP contribution in [0.2, 0.25) is 0 Å². The van der Waals surface area contributed by atoms with Gasteiger partial charge in [0.15, 0.2) is 17.3 Å². The first kappa shape index (κ1) is 11.4. The largest absolute Gasteiger partial charge is 0.307 e. The van der Waals surface area contributed by atoms with Crippen molar-refractivity contribution in [3.8, 4) is 5.82 Å². The Balaban J connectivity index is 1.97. The fourth-order valence-corrected chi connectivity index (χ4v) is 2.80. The van der Waals surface area contributed by atoms with Crippen LogP contribution in [-0.2, 0) is 12.8 Å². The number of fused-ring (bicyclic) bond motifs is 2. The van der Waals surface area contributed by atoms with E-state index in [0.29, 0.717) is 5.82 Å². The Morgan fingerprint density at radius 3 is 3.00 bits per heavy atom. The third-order valence-electron chi connectivity index (χ3n) is 3.76. The Morgan fingerprint density at radius 2 is 2.10 bits per heavy atom. The first-order chi connectivity index (χ1) is 9.86. The molecule has 0 bridgehead atoms. The van der Waals surface area contributed by atoms with Crippen LogP contribution in [0.4, 0.5) is 5.82 Å². The highest BCUT2D eigenvalue weighted by molar-refractivity contribution is 5.58. The van der Waals surface area contributed by atoms with Gasteiger partial charge in [0.25, 0.3) is 0 Å². The molecule has 3 N–H and O–H groups in total. The van der Waals surface area contributed by atoms with Crippen LogP contribution in [-0.4, -0.2) is 23.9 Å². The highest BCUT2D eigenvalue weighted by Crippen LogP contribution is 2.24. The van der Waals surface area contributed by atoms with Crippen LogP contribution < -0.4 is 11.3 Å². The van der Waals surface area contributed by atoms with E-state index in [0.717, 1.165) is 24.3 Å². The number of nitrogens with zero attached hydrogens (tertiary/aromatic N) is 5. The van der Waals surface area contributed by atoms with Crippen LogP contribution in [0.25, 0.3) is 11.5 Å². The topological polar surface area (TPSA) is 86.1 Å². The molecule has 4 rings (SSSR count). The minimum Gasteiger partial charge on any atom is -0.307 e. The summed E-state index contributed by atoms with van der Waals surface area (Å²) in [5, 5.41) is 0. The lowest BCUT2D eigenvalue weighted by molar-refractivity contribution is 0.654. The standard InChI is InChI=1S/C13H15N7/c14-18-11-7-19-6-5-15-12(19)13(17-11)20-8-16-9-3-1-2-4-10(9)20/h5-8,18H,1-4,14H2. The van der Waals surface area contributed by atoms with Crippen LogP contribution >= 0.6 is 0 Å². The van der Waals surface area contributed by atoms with E-state index in [1.807, 2.05) is 27.7 Å². The predicted molar refractivity (Wildman–Crippen MR) is 74.6 cm³/mol. The van der Waals surface area contributed by atoms with Gasteiger partial charge < -0.3 is 9.83 Å². The average Bonchev–Trinajstić information content (AvgIpc) is 3.12. The summed E-state index contributed by atoms with van der Waals surface area (Å²) in [5.41, 5.74) is 5.81. The maximum atomic E-state index is 5.50. The van der Waals surface area contributed by atoms with Crippen molar-refractivity contribution in [3.63, 3.8) is 0 Å². The van der Waals surface area contributed by atoms with E-state index in [1.165, 1.54) is 24.2 Å². The Bertz CT molecular complexity index is 770. The number of nitrogens with two attached hydrogens (primary N) is 1. The number of nitrogens with one attached hydrogen (secondary N) is 1. The van der Waals surface area contributed by atoms with Gasteiger partial charge in [-0.05, 0) is 25.7 Å². The summed E-state index contributed by atoms with van der Waals surface area (Å²) in [6.07, 6.45) is 11.8. The van der Waals surface area contributed by atoms with Crippen molar-refractivity contribution in [2.75, 3.05) is 5.43 Å². The van der Waals surface area contributed by atoms with Crippen molar-refractivity contribution >= 4 is 11.5 Å². The fraction of sp³-hybridized carbons (Fsp3) is 0.308. The molecule has 3 heterocycles. The number of aryl methyl sites for hydroxylation is 1. The van der Waals surface area contributed by atoms with Crippen molar-refractivity contribution in [3.05, 3.63) is 36.3 Å². The molecular weight excluding hydrogens is 254 g/mol. The summed E-state index contributed by atoms with van der Waals surface area (Å²) in [6, 6.07) is 0. The van der Waals surface area contributed by atoms with E-state index >= 15 is 0 Å². The van der Waals surface area contributed by atoms with Crippen molar-refractivity contribution in [2.45, 2.75) is 25.7 Å². The lowest BCUT2D eigenvalue weighted by Gasteiger charge is -2.14. The first-order valence-corrected chi connectivity index (χ1v) is 6.72. The number of rotatable bonds is 2. The zero-order valence-electron chi connectivity index (χ0n) is 11.0. The molecule has 20 heavy (non-hydrogen) atoms. The molecule has 0 aliphatic heterocycles. The van der Waals surface area contributed by atoms with E-state index in [1.54, 1.807) is 6.20 Å². The highest BCUT2D eigenvalue weighted by Gasteiger charge is 2.19. The monoisotopic (exact) mass is 269 g/mol. The van der Waals surface area contributed by atoms with Gasteiger partial charge >= 0.3 is 0 Å². The Labute approximate surface area is 115 Å². The number of hydrazine groups is 1. The number of hydrogen-bond donors (Lipinski definition) is 2. The Kier molecular flexibility index (Phi) is 2.46. The molecule has 7 nitrogen and oxygen atoms in total. The molecule has 0 radical (unpaired) electrons. The molecule has 3 aromatic heterocycles. The normalized spacial score (nSPS) is 14.4. The summed E-state index contributed by atoms with van der Waals surface area (Å²) >= 11 is 0. The zero-order chi connectivity index (χ0) is 13.5. The van der Waals surface area contributed by atoms with Gasteiger partial charge in [0.2, 0.25) is 0 Å². The molecule has 1 aliphatic carbocycles. The van der Waals surface area contributed by atoms with Gasteiger partial charge in [-0.25, -0.2) is 20.8 Å². The van der Waals surface area contributed by atoms with Crippen LogP contribution in [0.5, 0.6) is 0 Å². The maximum absolute atomic E-state index is 5.50. The lowest BCUT2D eigenvalue weighted by atomic mass is 10.0. The maximum Gasteiger partial charge on any atom is 0.184 e. The van der Waals surface area contributed by atoms with Gasteiger partial charge in [-0.2, -0.15) is 0 Å². The predicted octanol–water partition coefficient (Wildman–Crippen LogP) is 1.08. The highest BCUT2D eigenvalue weighted by atomic mass is 15.3. The van der Waals surface area contributed by atoms with Crippen molar-refractivity contribution in [1.29, 1.82) is 0 Å². The van der Waals surface area contributed by atoms with E-state index in [4.69, 9.17) is 5.84 Å². The summed E-state index contributed by atoms with van der Waals surface area (Å²) in [5.74, 6) is 6.86. The first-order valence-electron chi connectivity index (χ1n) is 6.72. The Hall–Kier alpha value is -2.41. The van der Waals surface area contributed by atoms with E-state index in [9.17, 15) is 0 Å². The second-order valence-electron chi connectivity index (χ2n) is 4.97. The minimum absolute atomic E-state index is 0.601. The Morgan fingerprint density at radius 1 is 1.20 bits per heavy atom. The quantitative estimate of drug-likeness (QED) is 0.537. The van der Waals surface area contributed by atoms with E-state index in [2.05, 4.69) is 20.4 Å². The third kappa shape index (κ3) is 1.60. The van der Waals surface area contributed by atoms with Crippen LogP contribution in [0.3, 0.4) is 0 Å². The molecule has 0 saturated heterocycles. The molecule has 0 aromatic carbocycles. The molecule has 3 aromatic rings. The van der Waals surface area contributed by atoms with Gasteiger partial charge in [0.1, 0.15) is 6.33 Å². The number of aromatic nitrogens is 5. The zero-order valence-corrected chi connectivity index (χ0v) is 11.0. The van der Waals surface area contributed by atoms with Crippen molar-refractivity contribution < 1.29 is 0 Å². The molecule has 102 valence electrons. The van der Waals surface area contributed by atoms with Gasteiger partial charge in [0.05, 0.1) is 11.9 Å². The smallest absolute Gasteiger partial charge is 0.184 e. The molecule has 0 spiro atoms. The second kappa shape index (κ2) is 4.31. The molecule has 0 atom stereocenters. The van der Waals surface area contributed by atoms with Gasteiger partial charge in [-0.15, -0.1) is 0 Å². The van der Waals surface area contributed by atoms with E-state index < -0.39 is 0 Å². The average molecular weight is 269 g/mol. The van der Waals surface area contributed by atoms with Gasteiger partial charge in [-0.3, -0.25) is 4.57 Å². The van der Waals surface area contributed by atoms with Crippen molar-refractivity contribution in [1.82, 2.24) is 23.9 Å². The summed E-state index contributed by atoms with van der Waals surface area (Å²) in [6.45, 7) is 0. The summed E-state index contributed by atoms with van der Waals surface area (Å²) in [7, 11) is 0. The minimum atomic E-state index is 0.601. The molecule has 1 aliphatic rings. The van der Waals surface area contributed by atoms with Gasteiger partial charge in [0, 0.05) is 18.1 Å². The molecule has 0 saturated carbocycles. The van der Waals surface area contributed by atoms with Crippen LogP contribution in [0.15, 0.2) is 24.9 Å². The van der Waals surface area contributed by atoms with Crippen LogP contribution in [0.1, 0.15) is 24.2 Å². The summed E-state index contributed by atoms with van der Waals surface area (Å²) < 4.78 is 3.95. The number of hydrogen-bond acceptors (Lipinski definition) is 5. The molecule has 0 fully saturated rings. The number of nitrogen functional groups attached to an aromatic ring is 1.